The van der Waals surface area contributed by atoms with E-state index in [0.29, 0.717) is 23.8 Å². The minimum Gasteiger partial charge on any atom is -0.508 e. The van der Waals surface area contributed by atoms with Gasteiger partial charge in [-0.15, -0.1) is 11.3 Å². The van der Waals surface area contributed by atoms with Gasteiger partial charge < -0.3 is 10.4 Å². The van der Waals surface area contributed by atoms with E-state index in [0.717, 1.165) is 6.42 Å². The number of hydrogen-bond donors (Lipinski definition) is 2. The molecule has 2 unspecified atom stereocenters. The summed E-state index contributed by atoms with van der Waals surface area (Å²) in [6.45, 7) is 4.55. The van der Waals surface area contributed by atoms with E-state index in [2.05, 4.69) is 42.7 Å². The van der Waals surface area contributed by atoms with E-state index in [9.17, 15) is 5.11 Å². The summed E-state index contributed by atoms with van der Waals surface area (Å²) in [6, 6.07) is 11.0. The zero-order chi connectivity index (χ0) is 14.8. The molecule has 0 spiro atoms. The van der Waals surface area contributed by atoms with Crippen molar-refractivity contribution in [3.8, 4) is 5.75 Å². The molecule has 2 aromatic rings. The molecule has 2 nitrogen and oxygen atoms in total. The van der Waals surface area contributed by atoms with Crippen molar-refractivity contribution in [2.45, 2.75) is 45.2 Å². The molecule has 3 heteroatoms. The van der Waals surface area contributed by atoms with Crippen LogP contribution in [0, 0.1) is 5.92 Å². The van der Waals surface area contributed by atoms with Crippen molar-refractivity contribution in [3.05, 3.63) is 51.7 Å². The number of nitrogens with one attached hydrogen (secondary N) is 1. The van der Waals surface area contributed by atoms with Gasteiger partial charge in [-0.05, 0) is 59.9 Å². The second-order valence-electron chi connectivity index (χ2n) is 6.23. The first-order valence-corrected chi connectivity index (χ1v) is 8.64. The zero-order valence-corrected chi connectivity index (χ0v) is 13.5. The van der Waals surface area contributed by atoms with Crippen LogP contribution in [0.5, 0.6) is 5.75 Å². The highest BCUT2D eigenvalue weighted by molar-refractivity contribution is 7.10. The lowest BCUT2D eigenvalue weighted by Crippen LogP contribution is -2.31. The van der Waals surface area contributed by atoms with Gasteiger partial charge in [0.15, 0.2) is 0 Å². The Balaban J connectivity index is 1.85. The number of benzene rings is 1. The van der Waals surface area contributed by atoms with Gasteiger partial charge in [0.1, 0.15) is 5.75 Å². The largest absolute Gasteiger partial charge is 0.508 e. The summed E-state index contributed by atoms with van der Waals surface area (Å²) < 4.78 is 0. The number of aromatic hydroxyl groups is 1. The first-order chi connectivity index (χ1) is 10.1. The monoisotopic (exact) mass is 301 g/mol. The Labute approximate surface area is 130 Å². The maximum atomic E-state index is 9.68. The third-order valence-electron chi connectivity index (χ3n) is 4.34. The summed E-state index contributed by atoms with van der Waals surface area (Å²) in [5, 5.41) is 15.7. The normalized spacial score (nSPS) is 19.5. The first-order valence-electron chi connectivity index (χ1n) is 7.76. The van der Waals surface area contributed by atoms with Gasteiger partial charge in [0.05, 0.1) is 0 Å². The predicted molar refractivity (Wildman–Crippen MR) is 88.8 cm³/mol. The van der Waals surface area contributed by atoms with Gasteiger partial charge in [-0.3, -0.25) is 0 Å². The molecular weight excluding hydrogens is 278 g/mol. The molecule has 112 valence electrons. The standard InChI is InChI=1S/C18H23NOS/c1-12(2)18(17-7-4-10-21-17)19-16-6-3-5-13-11-14(20)8-9-15(13)16/h4,7-12,16,18-20H,3,5-6H2,1-2H3. The number of phenols is 1. The minimum atomic E-state index is 0.382. The van der Waals surface area contributed by atoms with Crippen molar-refractivity contribution in [2.24, 2.45) is 5.92 Å². The number of rotatable bonds is 4. The Morgan fingerprint density at radius 1 is 1.29 bits per heavy atom. The van der Waals surface area contributed by atoms with Gasteiger partial charge in [0, 0.05) is 17.0 Å². The lowest BCUT2D eigenvalue weighted by atomic mass is 9.86. The molecule has 1 aromatic carbocycles. The van der Waals surface area contributed by atoms with Crippen LogP contribution in [0.4, 0.5) is 0 Å². The Morgan fingerprint density at radius 2 is 2.14 bits per heavy atom. The minimum absolute atomic E-state index is 0.382. The molecular formula is C18H23NOS. The molecule has 0 saturated heterocycles. The molecule has 1 aliphatic carbocycles. The number of fused-ring (bicyclic) bond motifs is 1. The van der Waals surface area contributed by atoms with Crippen LogP contribution >= 0.6 is 11.3 Å². The SMILES string of the molecule is CC(C)C(NC1CCCc2cc(O)ccc21)c1cccs1. The van der Waals surface area contributed by atoms with E-state index in [1.54, 1.807) is 0 Å². The molecule has 1 aromatic heterocycles. The first kappa shape index (κ1) is 14.6. The third kappa shape index (κ3) is 3.14. The van der Waals surface area contributed by atoms with E-state index in [-0.39, 0.29) is 0 Å². The molecule has 0 amide bonds. The number of aryl methyl sites for hydroxylation is 1. The number of phenolic OH excluding ortho intramolecular Hbond substituents is 1. The molecule has 21 heavy (non-hydrogen) atoms. The van der Waals surface area contributed by atoms with Gasteiger partial charge >= 0.3 is 0 Å². The second kappa shape index (κ2) is 6.20. The van der Waals surface area contributed by atoms with Crippen molar-refractivity contribution in [2.75, 3.05) is 0 Å². The summed E-state index contributed by atoms with van der Waals surface area (Å²) in [7, 11) is 0. The van der Waals surface area contributed by atoms with Crippen LogP contribution in [0.15, 0.2) is 35.7 Å². The molecule has 1 heterocycles. The molecule has 1 aliphatic rings. The molecule has 0 fully saturated rings. The van der Waals surface area contributed by atoms with Crippen LogP contribution in [0.3, 0.4) is 0 Å². The quantitative estimate of drug-likeness (QED) is 0.848. The van der Waals surface area contributed by atoms with Crippen molar-refractivity contribution in [1.82, 2.24) is 5.32 Å². The lowest BCUT2D eigenvalue weighted by molar-refractivity contribution is 0.342. The average Bonchev–Trinajstić information content (AvgIpc) is 2.97. The summed E-state index contributed by atoms with van der Waals surface area (Å²) in [5.74, 6) is 0.944. The molecule has 0 radical (unpaired) electrons. The summed E-state index contributed by atoms with van der Waals surface area (Å²) >= 11 is 1.83. The van der Waals surface area contributed by atoms with E-state index < -0.39 is 0 Å². The molecule has 3 rings (SSSR count). The van der Waals surface area contributed by atoms with Crippen molar-refractivity contribution in [1.29, 1.82) is 0 Å². The Bertz CT molecular complexity index is 591. The molecule has 0 saturated carbocycles. The molecule has 2 N–H and O–H groups in total. The average molecular weight is 301 g/mol. The van der Waals surface area contributed by atoms with Gasteiger partial charge in [-0.2, -0.15) is 0 Å². The second-order valence-corrected chi connectivity index (χ2v) is 7.21. The van der Waals surface area contributed by atoms with Crippen LogP contribution in [-0.4, -0.2) is 5.11 Å². The summed E-state index contributed by atoms with van der Waals surface area (Å²) in [5.41, 5.74) is 2.66. The highest BCUT2D eigenvalue weighted by Crippen LogP contribution is 2.36. The van der Waals surface area contributed by atoms with Crippen molar-refractivity contribution < 1.29 is 5.11 Å². The maximum Gasteiger partial charge on any atom is 0.115 e. The highest BCUT2D eigenvalue weighted by Gasteiger charge is 2.25. The smallest absolute Gasteiger partial charge is 0.115 e. The van der Waals surface area contributed by atoms with Gasteiger partial charge in [-0.25, -0.2) is 0 Å². The fourth-order valence-corrected chi connectivity index (χ4v) is 4.22. The van der Waals surface area contributed by atoms with Crippen molar-refractivity contribution in [3.63, 3.8) is 0 Å². The van der Waals surface area contributed by atoms with Crippen LogP contribution < -0.4 is 5.32 Å². The third-order valence-corrected chi connectivity index (χ3v) is 5.29. The van der Waals surface area contributed by atoms with Crippen LogP contribution in [-0.2, 0) is 6.42 Å². The Kier molecular flexibility index (Phi) is 4.32. The number of thiophene rings is 1. The van der Waals surface area contributed by atoms with E-state index in [1.165, 1.54) is 28.8 Å². The van der Waals surface area contributed by atoms with E-state index in [4.69, 9.17) is 0 Å². The summed E-state index contributed by atoms with van der Waals surface area (Å²) in [6.07, 6.45) is 3.43. The van der Waals surface area contributed by atoms with Gasteiger partial charge in [-0.1, -0.05) is 26.0 Å². The molecule has 2 atom stereocenters. The lowest BCUT2D eigenvalue weighted by Gasteiger charge is -2.32. The van der Waals surface area contributed by atoms with Crippen LogP contribution in [0.1, 0.15) is 54.8 Å². The molecule has 0 bridgehead atoms. The van der Waals surface area contributed by atoms with Gasteiger partial charge in [0.25, 0.3) is 0 Å². The fraction of sp³-hybridized carbons (Fsp3) is 0.444. The number of hydrogen-bond acceptors (Lipinski definition) is 3. The Hall–Kier alpha value is -1.32. The summed E-state index contributed by atoms with van der Waals surface area (Å²) in [4.78, 5) is 1.41. The van der Waals surface area contributed by atoms with Crippen molar-refractivity contribution >= 4 is 11.3 Å². The fourth-order valence-electron chi connectivity index (χ4n) is 3.26. The van der Waals surface area contributed by atoms with E-state index in [1.807, 2.05) is 23.5 Å². The Morgan fingerprint density at radius 3 is 2.86 bits per heavy atom. The highest BCUT2D eigenvalue weighted by atomic mass is 32.1. The van der Waals surface area contributed by atoms with Gasteiger partial charge in [0.2, 0.25) is 0 Å². The van der Waals surface area contributed by atoms with E-state index >= 15 is 0 Å². The maximum absolute atomic E-state index is 9.68. The van der Waals surface area contributed by atoms with Crippen LogP contribution in [0.2, 0.25) is 0 Å². The predicted octanol–water partition coefficient (Wildman–Crippen LogP) is 4.82. The van der Waals surface area contributed by atoms with Crippen LogP contribution in [0.25, 0.3) is 0 Å². The topological polar surface area (TPSA) is 32.3 Å². The zero-order valence-electron chi connectivity index (χ0n) is 12.7. The molecule has 0 aliphatic heterocycles.